The molecule has 1 saturated heterocycles. The summed E-state index contributed by atoms with van der Waals surface area (Å²) >= 11 is 0. The minimum atomic E-state index is -5.08. The van der Waals surface area contributed by atoms with Crippen LogP contribution in [0.1, 0.15) is 18.4 Å². The highest BCUT2D eigenvalue weighted by atomic mass is 19.4. The molecule has 9 nitrogen and oxygen atoms in total. The Morgan fingerprint density at radius 2 is 1.91 bits per heavy atom. The summed E-state index contributed by atoms with van der Waals surface area (Å²) in [6, 6.07) is 6.03. The highest BCUT2D eigenvalue weighted by Gasteiger charge is 2.38. The molecule has 1 fully saturated rings. The van der Waals surface area contributed by atoms with Crippen molar-refractivity contribution in [1.29, 1.82) is 0 Å². The molecule has 0 radical (unpaired) electrons. The maximum atomic E-state index is 12.4. The highest BCUT2D eigenvalue weighted by Crippen LogP contribution is 2.34. The molecule has 1 aromatic carbocycles. The Labute approximate surface area is 194 Å². The van der Waals surface area contributed by atoms with Crippen LogP contribution in [0.3, 0.4) is 0 Å². The van der Waals surface area contributed by atoms with Crippen molar-refractivity contribution in [3.05, 3.63) is 29.8 Å². The zero-order valence-electron chi connectivity index (χ0n) is 18.5. The zero-order chi connectivity index (χ0) is 24.6. The van der Waals surface area contributed by atoms with E-state index in [2.05, 4.69) is 22.8 Å². The van der Waals surface area contributed by atoms with Crippen molar-refractivity contribution in [1.82, 2.24) is 15.5 Å². The second-order valence-corrected chi connectivity index (χ2v) is 7.82. The first-order chi connectivity index (χ1) is 16.2. The Morgan fingerprint density at radius 3 is 2.59 bits per heavy atom. The Hall–Kier alpha value is -2.99. The number of nitrogens with zero attached hydrogens (tertiary/aromatic N) is 1. The number of ether oxygens (including phenoxy) is 3. The number of hydrogen-bond donors (Lipinski definition) is 3. The van der Waals surface area contributed by atoms with Crippen molar-refractivity contribution in [3.8, 4) is 11.5 Å². The number of carbonyl (C=O) groups is 2. The fourth-order valence-corrected chi connectivity index (χ4v) is 3.57. The van der Waals surface area contributed by atoms with Crippen LogP contribution in [-0.2, 0) is 9.53 Å². The van der Waals surface area contributed by atoms with Crippen LogP contribution in [-0.4, -0.2) is 86.8 Å². The molecule has 3 heterocycles. The van der Waals surface area contributed by atoms with Crippen molar-refractivity contribution in [2.24, 2.45) is 0 Å². The maximum Gasteiger partial charge on any atom is 0.490 e. The van der Waals surface area contributed by atoms with Crippen LogP contribution in [0.2, 0.25) is 0 Å². The van der Waals surface area contributed by atoms with Gasteiger partial charge in [0.2, 0.25) is 0 Å². The lowest BCUT2D eigenvalue weighted by Crippen LogP contribution is -2.46. The van der Waals surface area contributed by atoms with Crippen LogP contribution in [0.15, 0.2) is 24.3 Å². The van der Waals surface area contributed by atoms with E-state index in [-0.39, 0.29) is 12.1 Å². The standard InChI is InChI=1S/C20H27N3O4.C2HF3O2/c24-20(22-14-17-13-21-6-1-9-25-17)23-7-4-15(5-8-23)16-2-3-18-19(12-16)27-11-10-26-18;3-2(4,5)1(6)7/h2-4,12,17,21H,1,5-11,13-14H2,(H,22,24);(H,6,7). The van der Waals surface area contributed by atoms with Gasteiger partial charge in [0.25, 0.3) is 0 Å². The van der Waals surface area contributed by atoms with Crippen LogP contribution in [0.4, 0.5) is 18.0 Å². The van der Waals surface area contributed by atoms with Gasteiger partial charge in [0.15, 0.2) is 11.5 Å². The van der Waals surface area contributed by atoms with Gasteiger partial charge in [-0.2, -0.15) is 13.2 Å². The molecule has 0 spiro atoms. The summed E-state index contributed by atoms with van der Waals surface area (Å²) in [5.74, 6) is -1.15. The monoisotopic (exact) mass is 487 g/mol. The van der Waals surface area contributed by atoms with Gasteiger partial charge >= 0.3 is 18.2 Å². The van der Waals surface area contributed by atoms with Gasteiger partial charge in [-0.05, 0) is 42.7 Å². The van der Waals surface area contributed by atoms with E-state index in [4.69, 9.17) is 24.1 Å². The molecule has 188 valence electrons. The molecule has 12 heteroatoms. The third-order valence-corrected chi connectivity index (χ3v) is 5.36. The number of carboxylic acids is 1. The average Bonchev–Trinajstić information content (AvgIpc) is 3.11. The molecule has 0 aromatic heterocycles. The molecule has 2 amide bonds. The van der Waals surface area contributed by atoms with Gasteiger partial charge in [0, 0.05) is 32.8 Å². The van der Waals surface area contributed by atoms with Gasteiger partial charge in [0.05, 0.1) is 6.10 Å². The Kier molecular flexibility index (Phi) is 8.99. The zero-order valence-corrected chi connectivity index (χ0v) is 18.5. The highest BCUT2D eigenvalue weighted by molar-refractivity contribution is 5.77. The van der Waals surface area contributed by atoms with E-state index in [1.54, 1.807) is 0 Å². The SMILES string of the molecule is O=C(NCC1CNCCCO1)N1CC=C(c2ccc3c(c2)OCCO3)CC1.O=C(O)C(F)(F)F. The molecule has 3 N–H and O–H groups in total. The number of fused-ring (bicyclic) bond motifs is 1. The minimum absolute atomic E-state index is 0.0275. The van der Waals surface area contributed by atoms with Crippen LogP contribution in [0.25, 0.3) is 5.57 Å². The van der Waals surface area contributed by atoms with E-state index in [9.17, 15) is 18.0 Å². The number of aliphatic carboxylic acids is 1. The smallest absolute Gasteiger partial charge is 0.486 e. The third-order valence-electron chi connectivity index (χ3n) is 5.36. The second kappa shape index (κ2) is 11.9. The molecule has 4 rings (SSSR count). The van der Waals surface area contributed by atoms with Crippen molar-refractivity contribution in [2.45, 2.75) is 25.1 Å². The second-order valence-electron chi connectivity index (χ2n) is 7.82. The first kappa shape index (κ1) is 25.6. The van der Waals surface area contributed by atoms with Crippen molar-refractivity contribution < 1.29 is 42.1 Å². The quantitative estimate of drug-likeness (QED) is 0.600. The summed E-state index contributed by atoms with van der Waals surface area (Å²) in [5, 5.41) is 13.5. The van der Waals surface area contributed by atoms with Gasteiger partial charge in [-0.25, -0.2) is 9.59 Å². The maximum absolute atomic E-state index is 12.4. The van der Waals surface area contributed by atoms with E-state index in [1.165, 1.54) is 5.57 Å². The lowest BCUT2D eigenvalue weighted by atomic mass is 9.99. The number of alkyl halides is 3. The van der Waals surface area contributed by atoms with Gasteiger partial charge in [-0.1, -0.05) is 12.1 Å². The topological polar surface area (TPSA) is 109 Å². The van der Waals surface area contributed by atoms with E-state index in [1.807, 2.05) is 17.0 Å². The van der Waals surface area contributed by atoms with E-state index >= 15 is 0 Å². The van der Waals surface area contributed by atoms with Gasteiger partial charge < -0.3 is 34.9 Å². The predicted octanol–water partition coefficient (Wildman–Crippen LogP) is 2.27. The summed E-state index contributed by atoms with van der Waals surface area (Å²) in [7, 11) is 0. The third kappa shape index (κ3) is 7.52. The minimum Gasteiger partial charge on any atom is -0.486 e. The number of urea groups is 1. The lowest BCUT2D eigenvalue weighted by Gasteiger charge is -2.28. The number of carboxylic acid groups (broad SMARTS) is 1. The number of rotatable bonds is 3. The fraction of sp³-hybridized carbons (Fsp3) is 0.545. The van der Waals surface area contributed by atoms with Crippen LogP contribution < -0.4 is 20.1 Å². The first-order valence-corrected chi connectivity index (χ1v) is 11.0. The summed E-state index contributed by atoms with van der Waals surface area (Å²) in [6.07, 6.45) is -1.07. The van der Waals surface area contributed by atoms with Crippen molar-refractivity contribution in [3.63, 3.8) is 0 Å². The number of carbonyl (C=O) groups excluding carboxylic acids is 1. The van der Waals surface area contributed by atoms with Gasteiger partial charge in [-0.3, -0.25) is 0 Å². The molecule has 0 saturated carbocycles. The number of hydrogen-bond acceptors (Lipinski definition) is 6. The first-order valence-electron chi connectivity index (χ1n) is 11.0. The Bertz CT molecular complexity index is 885. The van der Waals surface area contributed by atoms with E-state index < -0.39 is 12.1 Å². The average molecular weight is 487 g/mol. The molecule has 1 unspecified atom stereocenters. The number of halogens is 3. The largest absolute Gasteiger partial charge is 0.490 e. The van der Waals surface area contributed by atoms with Gasteiger partial charge in [0.1, 0.15) is 13.2 Å². The lowest BCUT2D eigenvalue weighted by molar-refractivity contribution is -0.192. The van der Waals surface area contributed by atoms with Crippen molar-refractivity contribution in [2.75, 3.05) is 52.5 Å². The van der Waals surface area contributed by atoms with Crippen molar-refractivity contribution >= 4 is 17.6 Å². The normalized spacial score (nSPS) is 20.3. The molecule has 1 atom stereocenters. The number of amides is 2. The molecule has 0 aliphatic carbocycles. The number of benzene rings is 1. The summed E-state index contributed by atoms with van der Waals surface area (Å²) in [5.41, 5.74) is 2.38. The summed E-state index contributed by atoms with van der Waals surface area (Å²) in [4.78, 5) is 23.2. The van der Waals surface area contributed by atoms with Gasteiger partial charge in [-0.15, -0.1) is 0 Å². The fourth-order valence-electron chi connectivity index (χ4n) is 3.57. The molecule has 3 aliphatic rings. The van der Waals surface area contributed by atoms with Crippen LogP contribution >= 0.6 is 0 Å². The summed E-state index contributed by atoms with van der Waals surface area (Å²) in [6.45, 7) is 5.55. The Balaban J connectivity index is 0.000000406. The summed E-state index contributed by atoms with van der Waals surface area (Å²) < 4.78 is 48.7. The Morgan fingerprint density at radius 1 is 1.18 bits per heavy atom. The van der Waals surface area contributed by atoms with E-state index in [0.29, 0.717) is 32.8 Å². The van der Waals surface area contributed by atoms with Crippen LogP contribution in [0, 0.1) is 0 Å². The molecule has 34 heavy (non-hydrogen) atoms. The molecular formula is C22H28F3N3O6. The molecule has 0 bridgehead atoms. The van der Waals surface area contributed by atoms with Crippen LogP contribution in [0.5, 0.6) is 11.5 Å². The predicted molar refractivity (Wildman–Crippen MR) is 116 cm³/mol. The molecular weight excluding hydrogens is 459 g/mol. The number of nitrogens with one attached hydrogen (secondary N) is 2. The van der Waals surface area contributed by atoms with E-state index in [0.717, 1.165) is 49.6 Å². The molecule has 3 aliphatic heterocycles. The molecule has 1 aromatic rings.